The number of rotatable bonds is 7. The van der Waals surface area contributed by atoms with Crippen molar-refractivity contribution in [3.8, 4) is 0 Å². The smallest absolute Gasteiger partial charge is 0.253 e. The Kier molecular flexibility index (Phi) is 5.61. The van der Waals surface area contributed by atoms with Crippen LogP contribution in [0.15, 0.2) is 59.2 Å². The minimum Gasteiger partial charge on any atom is -0.469 e. The summed E-state index contributed by atoms with van der Waals surface area (Å²) in [6.45, 7) is 6.87. The summed E-state index contributed by atoms with van der Waals surface area (Å²) < 4.78 is 7.54. The van der Waals surface area contributed by atoms with Crippen molar-refractivity contribution in [3.63, 3.8) is 0 Å². The van der Waals surface area contributed by atoms with Crippen molar-refractivity contribution in [2.75, 3.05) is 0 Å². The highest BCUT2D eigenvalue weighted by molar-refractivity contribution is 5.95. The van der Waals surface area contributed by atoms with E-state index in [2.05, 4.69) is 22.0 Å². The Labute approximate surface area is 154 Å². The molecular weight excluding hydrogens is 324 g/mol. The second-order valence-corrected chi connectivity index (χ2v) is 6.85. The predicted octanol–water partition coefficient (Wildman–Crippen LogP) is 4.50. The number of aromatic nitrogens is 1. The van der Waals surface area contributed by atoms with Gasteiger partial charge in [-0.2, -0.15) is 0 Å². The largest absolute Gasteiger partial charge is 0.469 e. The lowest BCUT2D eigenvalue weighted by atomic mass is 10.1. The Hall–Kier alpha value is -2.75. The quantitative estimate of drug-likeness (QED) is 0.682. The first-order valence-corrected chi connectivity index (χ1v) is 9.08. The van der Waals surface area contributed by atoms with Crippen molar-refractivity contribution in [2.24, 2.45) is 0 Å². The highest BCUT2D eigenvalue weighted by atomic mass is 16.3. The third-order valence-electron chi connectivity index (χ3n) is 4.78. The molecule has 2 aromatic heterocycles. The minimum absolute atomic E-state index is 0.00986. The van der Waals surface area contributed by atoms with Crippen molar-refractivity contribution >= 4 is 5.91 Å². The molecule has 0 bridgehead atoms. The summed E-state index contributed by atoms with van der Waals surface area (Å²) in [4.78, 5) is 12.7. The van der Waals surface area contributed by atoms with Crippen LogP contribution in [-0.4, -0.2) is 16.5 Å². The third kappa shape index (κ3) is 4.26. The van der Waals surface area contributed by atoms with Crippen molar-refractivity contribution in [1.82, 2.24) is 9.88 Å². The molecule has 26 heavy (non-hydrogen) atoms. The standard InChI is InChI=1S/C22H26N2O2/c1-16(11-12-20-10-7-13-26-20)23-22(25)21-14-17(2)24(18(21)3)15-19-8-5-4-6-9-19/h4-10,13-14,16H,11-12,15H2,1-3H3,(H,23,25). The summed E-state index contributed by atoms with van der Waals surface area (Å²) in [6.07, 6.45) is 3.35. The van der Waals surface area contributed by atoms with E-state index < -0.39 is 0 Å². The van der Waals surface area contributed by atoms with Gasteiger partial charge in [0.15, 0.2) is 0 Å². The van der Waals surface area contributed by atoms with E-state index in [1.807, 2.05) is 57.2 Å². The number of hydrogen-bond donors (Lipinski definition) is 1. The molecule has 0 aliphatic heterocycles. The number of nitrogens with zero attached hydrogens (tertiary/aromatic N) is 1. The summed E-state index contributed by atoms with van der Waals surface area (Å²) in [5.74, 6) is 0.941. The molecule has 1 unspecified atom stereocenters. The average Bonchev–Trinajstić information content (AvgIpc) is 3.24. The molecule has 0 saturated carbocycles. The minimum atomic E-state index is -0.00986. The van der Waals surface area contributed by atoms with Gasteiger partial charge < -0.3 is 14.3 Å². The second kappa shape index (κ2) is 8.09. The topological polar surface area (TPSA) is 47.2 Å². The van der Waals surface area contributed by atoms with E-state index in [1.165, 1.54) is 5.56 Å². The van der Waals surface area contributed by atoms with Crippen molar-refractivity contribution < 1.29 is 9.21 Å². The average molecular weight is 350 g/mol. The van der Waals surface area contributed by atoms with Crippen molar-refractivity contribution in [1.29, 1.82) is 0 Å². The summed E-state index contributed by atoms with van der Waals surface area (Å²) in [7, 11) is 0. The number of amides is 1. The van der Waals surface area contributed by atoms with Crippen molar-refractivity contribution in [3.05, 3.63) is 83.1 Å². The van der Waals surface area contributed by atoms with Crippen LogP contribution in [0, 0.1) is 13.8 Å². The van der Waals surface area contributed by atoms with Gasteiger partial charge in [-0.1, -0.05) is 30.3 Å². The number of nitrogens with one attached hydrogen (secondary N) is 1. The maximum Gasteiger partial charge on any atom is 0.253 e. The van der Waals surface area contributed by atoms with Gasteiger partial charge in [-0.3, -0.25) is 4.79 Å². The van der Waals surface area contributed by atoms with Crippen molar-refractivity contribution in [2.45, 2.75) is 46.2 Å². The highest BCUT2D eigenvalue weighted by Gasteiger charge is 2.17. The first-order chi connectivity index (χ1) is 12.5. The van der Waals surface area contributed by atoms with E-state index in [-0.39, 0.29) is 11.9 Å². The van der Waals surface area contributed by atoms with E-state index in [1.54, 1.807) is 6.26 Å². The molecule has 0 fully saturated rings. The van der Waals surface area contributed by atoms with E-state index in [9.17, 15) is 4.79 Å². The number of aryl methyl sites for hydroxylation is 2. The van der Waals surface area contributed by atoms with Gasteiger partial charge >= 0.3 is 0 Å². The Morgan fingerprint density at radius 3 is 2.62 bits per heavy atom. The Morgan fingerprint density at radius 2 is 1.92 bits per heavy atom. The molecular formula is C22H26N2O2. The Bertz CT molecular complexity index is 848. The fourth-order valence-electron chi connectivity index (χ4n) is 3.23. The monoisotopic (exact) mass is 350 g/mol. The number of hydrogen-bond acceptors (Lipinski definition) is 2. The van der Waals surface area contributed by atoms with Gasteiger partial charge in [0, 0.05) is 30.4 Å². The van der Waals surface area contributed by atoms with Crippen LogP contribution in [0.2, 0.25) is 0 Å². The predicted molar refractivity (Wildman–Crippen MR) is 103 cm³/mol. The molecule has 136 valence electrons. The number of furan rings is 1. The zero-order valence-electron chi connectivity index (χ0n) is 15.7. The fourth-order valence-corrected chi connectivity index (χ4v) is 3.23. The van der Waals surface area contributed by atoms with Gasteiger partial charge in [0.05, 0.1) is 11.8 Å². The fraction of sp³-hybridized carbons (Fsp3) is 0.318. The lowest BCUT2D eigenvalue weighted by Crippen LogP contribution is -2.33. The zero-order valence-corrected chi connectivity index (χ0v) is 15.7. The maximum atomic E-state index is 12.7. The van der Waals surface area contributed by atoms with Crippen LogP contribution in [0.4, 0.5) is 0 Å². The lowest BCUT2D eigenvalue weighted by molar-refractivity contribution is 0.0937. The molecule has 0 aliphatic carbocycles. The molecule has 3 rings (SSSR count). The highest BCUT2D eigenvalue weighted by Crippen LogP contribution is 2.17. The molecule has 1 amide bonds. The zero-order chi connectivity index (χ0) is 18.5. The van der Waals surface area contributed by atoms with E-state index >= 15 is 0 Å². The van der Waals surface area contributed by atoms with Gasteiger partial charge in [0.2, 0.25) is 0 Å². The third-order valence-corrected chi connectivity index (χ3v) is 4.78. The summed E-state index contributed by atoms with van der Waals surface area (Å²) >= 11 is 0. The number of benzene rings is 1. The van der Waals surface area contributed by atoms with Gasteiger partial charge in [-0.15, -0.1) is 0 Å². The van der Waals surface area contributed by atoms with Crippen LogP contribution in [0.25, 0.3) is 0 Å². The van der Waals surface area contributed by atoms with Crippen LogP contribution >= 0.6 is 0 Å². The molecule has 4 nitrogen and oxygen atoms in total. The van der Waals surface area contributed by atoms with Crippen LogP contribution in [0.5, 0.6) is 0 Å². The SMILES string of the molecule is Cc1cc(C(=O)NC(C)CCc2ccco2)c(C)n1Cc1ccccc1. The number of carbonyl (C=O) groups is 1. The van der Waals surface area contributed by atoms with Gasteiger partial charge in [-0.05, 0) is 51.0 Å². The molecule has 3 aromatic rings. The summed E-state index contributed by atoms with van der Waals surface area (Å²) in [6, 6.07) is 16.2. The Balaban J connectivity index is 1.64. The van der Waals surface area contributed by atoms with E-state index in [0.29, 0.717) is 0 Å². The molecule has 1 N–H and O–H groups in total. The van der Waals surface area contributed by atoms with Gasteiger partial charge in [-0.25, -0.2) is 0 Å². The first kappa shape index (κ1) is 18.1. The normalized spacial score (nSPS) is 12.1. The molecule has 0 saturated heterocycles. The van der Waals surface area contributed by atoms with E-state index in [0.717, 1.165) is 42.1 Å². The second-order valence-electron chi connectivity index (χ2n) is 6.85. The van der Waals surface area contributed by atoms with Gasteiger partial charge in [0.1, 0.15) is 5.76 Å². The molecule has 1 atom stereocenters. The maximum absolute atomic E-state index is 12.7. The molecule has 2 heterocycles. The molecule has 4 heteroatoms. The Morgan fingerprint density at radius 1 is 1.15 bits per heavy atom. The van der Waals surface area contributed by atoms with Crippen LogP contribution in [0.1, 0.15) is 46.4 Å². The van der Waals surface area contributed by atoms with Crippen LogP contribution < -0.4 is 5.32 Å². The molecule has 1 aromatic carbocycles. The summed E-state index contributed by atoms with van der Waals surface area (Å²) in [5, 5.41) is 3.11. The molecule has 0 aliphatic rings. The molecule has 0 spiro atoms. The van der Waals surface area contributed by atoms with Crippen LogP contribution in [-0.2, 0) is 13.0 Å². The molecule has 0 radical (unpaired) electrons. The first-order valence-electron chi connectivity index (χ1n) is 9.08. The summed E-state index contributed by atoms with van der Waals surface area (Å²) in [5.41, 5.74) is 4.08. The lowest BCUT2D eigenvalue weighted by Gasteiger charge is -2.14. The van der Waals surface area contributed by atoms with E-state index in [4.69, 9.17) is 4.42 Å². The van der Waals surface area contributed by atoms with Crippen LogP contribution in [0.3, 0.4) is 0 Å². The van der Waals surface area contributed by atoms with Gasteiger partial charge in [0.25, 0.3) is 5.91 Å². The number of carbonyl (C=O) groups excluding carboxylic acids is 1.